The zero-order valence-electron chi connectivity index (χ0n) is 13.5. The van der Waals surface area contributed by atoms with Crippen molar-refractivity contribution < 1.29 is 9.84 Å². The van der Waals surface area contributed by atoms with Gasteiger partial charge in [-0.05, 0) is 52.7 Å². The van der Waals surface area contributed by atoms with Gasteiger partial charge in [0, 0.05) is 16.5 Å². The second kappa shape index (κ2) is 4.83. The van der Waals surface area contributed by atoms with E-state index >= 15 is 0 Å². The second-order valence-electron chi connectivity index (χ2n) is 7.20. The van der Waals surface area contributed by atoms with E-state index < -0.39 is 0 Å². The van der Waals surface area contributed by atoms with E-state index in [9.17, 15) is 5.11 Å². The number of aromatic hydroxyl groups is 1. The van der Waals surface area contributed by atoms with Crippen LogP contribution in [0.3, 0.4) is 0 Å². The molecule has 1 heterocycles. The summed E-state index contributed by atoms with van der Waals surface area (Å²) in [6, 6.07) is 3.65. The Balaban J connectivity index is 2.50. The highest BCUT2D eigenvalue weighted by Crippen LogP contribution is 2.47. The van der Waals surface area contributed by atoms with Crippen LogP contribution < -0.4 is 4.74 Å². The quantitative estimate of drug-likeness (QED) is 0.796. The van der Waals surface area contributed by atoms with E-state index in [1.54, 1.807) is 6.07 Å². The third-order valence-corrected chi connectivity index (χ3v) is 4.69. The van der Waals surface area contributed by atoms with Gasteiger partial charge in [0.1, 0.15) is 17.1 Å². The molecule has 0 fully saturated rings. The lowest BCUT2D eigenvalue weighted by atomic mass is 9.70. The molecule has 2 rings (SSSR count). The Morgan fingerprint density at radius 3 is 2.50 bits per heavy atom. The highest BCUT2D eigenvalue weighted by atomic mass is 16.5. The van der Waals surface area contributed by atoms with Gasteiger partial charge < -0.3 is 9.84 Å². The molecule has 20 heavy (non-hydrogen) atoms. The monoisotopic (exact) mass is 274 g/mol. The Hall–Kier alpha value is -1.44. The Morgan fingerprint density at radius 2 is 1.90 bits per heavy atom. The molecule has 1 N–H and O–H groups in total. The molecule has 0 bridgehead atoms. The molecule has 0 saturated carbocycles. The van der Waals surface area contributed by atoms with Gasteiger partial charge >= 0.3 is 0 Å². The Morgan fingerprint density at radius 1 is 1.25 bits per heavy atom. The highest BCUT2D eigenvalue weighted by molar-refractivity contribution is 5.51. The van der Waals surface area contributed by atoms with Crippen LogP contribution >= 0.6 is 0 Å². The maximum Gasteiger partial charge on any atom is 0.123 e. The zero-order chi connectivity index (χ0) is 15.1. The highest BCUT2D eigenvalue weighted by Gasteiger charge is 2.44. The summed E-state index contributed by atoms with van der Waals surface area (Å²) in [7, 11) is 0. The number of allylic oxidation sites excluding steroid dienone is 2. The average Bonchev–Trinajstić information content (AvgIpc) is 2.29. The van der Waals surface area contributed by atoms with Gasteiger partial charge in [-0.3, -0.25) is 0 Å². The summed E-state index contributed by atoms with van der Waals surface area (Å²) < 4.78 is 6.21. The maximum atomic E-state index is 10.2. The van der Waals surface area contributed by atoms with E-state index in [0.29, 0.717) is 5.75 Å². The van der Waals surface area contributed by atoms with Gasteiger partial charge in [0.25, 0.3) is 0 Å². The van der Waals surface area contributed by atoms with Crippen LogP contribution in [0.5, 0.6) is 11.5 Å². The predicted molar refractivity (Wildman–Crippen MR) is 83.4 cm³/mol. The van der Waals surface area contributed by atoms with Crippen LogP contribution in [0.15, 0.2) is 23.8 Å². The first-order chi connectivity index (χ1) is 9.14. The van der Waals surface area contributed by atoms with Crippen molar-refractivity contribution in [2.75, 3.05) is 0 Å². The van der Waals surface area contributed by atoms with Crippen molar-refractivity contribution in [3.05, 3.63) is 34.9 Å². The summed E-state index contributed by atoms with van der Waals surface area (Å²) >= 11 is 0. The van der Waals surface area contributed by atoms with Crippen molar-refractivity contribution in [2.45, 2.75) is 60.0 Å². The number of fused-ring (bicyclic) bond motifs is 1. The number of phenolic OH excluding ortho intramolecular Hbond substituents is 1. The second-order valence-corrected chi connectivity index (χ2v) is 7.20. The van der Waals surface area contributed by atoms with E-state index in [2.05, 4.69) is 47.6 Å². The topological polar surface area (TPSA) is 29.5 Å². The molecular weight excluding hydrogens is 248 g/mol. The standard InChI is InChI=1S/C18H26O2/c1-12(2)7-8-13-14-11-17(3,4)18(5,6)20-16(14)10-9-15(13)19/h7,9-10,19H,8,11H2,1-6H3. The molecule has 0 spiro atoms. The molecule has 1 aromatic carbocycles. The molecule has 0 unspecified atom stereocenters. The largest absolute Gasteiger partial charge is 0.508 e. The van der Waals surface area contributed by atoms with Crippen LogP contribution in [0, 0.1) is 5.41 Å². The van der Waals surface area contributed by atoms with Crippen LogP contribution in [-0.2, 0) is 12.8 Å². The number of hydrogen-bond acceptors (Lipinski definition) is 2. The number of benzene rings is 1. The first kappa shape index (κ1) is 15.0. The molecule has 110 valence electrons. The van der Waals surface area contributed by atoms with E-state index in [-0.39, 0.29) is 11.0 Å². The molecule has 2 heteroatoms. The summed E-state index contributed by atoms with van der Waals surface area (Å²) in [6.45, 7) is 12.9. The van der Waals surface area contributed by atoms with Crippen LogP contribution in [-0.4, -0.2) is 10.7 Å². The van der Waals surface area contributed by atoms with Crippen molar-refractivity contribution in [3.63, 3.8) is 0 Å². The fourth-order valence-electron chi connectivity index (χ4n) is 2.55. The van der Waals surface area contributed by atoms with Crippen LogP contribution in [0.25, 0.3) is 0 Å². The summed E-state index contributed by atoms with van der Waals surface area (Å²) in [4.78, 5) is 0. The fraction of sp³-hybridized carbons (Fsp3) is 0.556. The first-order valence-electron chi connectivity index (χ1n) is 7.30. The van der Waals surface area contributed by atoms with Gasteiger partial charge in [-0.25, -0.2) is 0 Å². The molecule has 1 aliphatic rings. The van der Waals surface area contributed by atoms with Gasteiger partial charge in [-0.2, -0.15) is 0 Å². The van der Waals surface area contributed by atoms with Gasteiger partial charge in [-0.1, -0.05) is 25.5 Å². The summed E-state index contributed by atoms with van der Waals surface area (Å²) in [5, 5.41) is 10.2. The Kier molecular flexibility index (Phi) is 3.62. The summed E-state index contributed by atoms with van der Waals surface area (Å²) in [6.07, 6.45) is 3.84. The normalized spacial score (nSPS) is 18.9. The minimum atomic E-state index is -0.204. The van der Waals surface area contributed by atoms with Crippen LogP contribution in [0.1, 0.15) is 52.7 Å². The third-order valence-electron chi connectivity index (χ3n) is 4.69. The Bertz CT molecular complexity index is 547. The molecule has 2 nitrogen and oxygen atoms in total. The summed E-state index contributed by atoms with van der Waals surface area (Å²) in [5.41, 5.74) is 3.26. The van der Waals surface area contributed by atoms with Gasteiger partial charge in [-0.15, -0.1) is 0 Å². The van der Waals surface area contributed by atoms with Crippen molar-refractivity contribution in [1.29, 1.82) is 0 Å². The average molecular weight is 274 g/mol. The molecule has 0 aromatic heterocycles. The molecule has 0 atom stereocenters. The SMILES string of the molecule is CC(C)=CCc1c(O)ccc2c1CC(C)(C)C(C)(C)O2. The summed E-state index contributed by atoms with van der Waals surface area (Å²) in [5.74, 6) is 1.30. The van der Waals surface area contributed by atoms with Crippen molar-refractivity contribution in [2.24, 2.45) is 5.41 Å². The lowest BCUT2D eigenvalue weighted by molar-refractivity contribution is -0.0274. The van der Waals surface area contributed by atoms with Gasteiger partial charge in [0.15, 0.2) is 0 Å². The molecular formula is C18H26O2. The molecule has 1 aliphatic heterocycles. The Labute approximate surface area is 122 Å². The number of rotatable bonds is 2. The zero-order valence-corrected chi connectivity index (χ0v) is 13.5. The smallest absolute Gasteiger partial charge is 0.123 e. The fourth-order valence-corrected chi connectivity index (χ4v) is 2.55. The van der Waals surface area contributed by atoms with Crippen molar-refractivity contribution in [1.82, 2.24) is 0 Å². The molecule has 0 saturated heterocycles. The molecule has 0 aliphatic carbocycles. The van der Waals surface area contributed by atoms with E-state index in [1.807, 2.05) is 6.07 Å². The van der Waals surface area contributed by atoms with E-state index in [1.165, 1.54) is 5.57 Å². The van der Waals surface area contributed by atoms with Crippen molar-refractivity contribution >= 4 is 0 Å². The molecule has 0 amide bonds. The van der Waals surface area contributed by atoms with Crippen LogP contribution in [0.2, 0.25) is 0 Å². The lowest BCUT2D eigenvalue weighted by Gasteiger charge is -2.46. The lowest BCUT2D eigenvalue weighted by Crippen LogP contribution is -2.48. The van der Waals surface area contributed by atoms with Crippen LogP contribution in [0.4, 0.5) is 0 Å². The van der Waals surface area contributed by atoms with Crippen molar-refractivity contribution in [3.8, 4) is 11.5 Å². The third kappa shape index (κ3) is 2.56. The first-order valence-corrected chi connectivity index (χ1v) is 7.30. The molecule has 0 radical (unpaired) electrons. The predicted octanol–water partition coefficient (Wildman–Crippen LogP) is 4.64. The van der Waals surface area contributed by atoms with E-state index in [0.717, 1.165) is 29.7 Å². The minimum absolute atomic E-state index is 0.0352. The van der Waals surface area contributed by atoms with E-state index in [4.69, 9.17) is 4.74 Å². The maximum absolute atomic E-state index is 10.2. The van der Waals surface area contributed by atoms with Gasteiger partial charge in [0.2, 0.25) is 0 Å². The number of phenols is 1. The van der Waals surface area contributed by atoms with Gasteiger partial charge in [0.05, 0.1) is 0 Å². The number of hydrogen-bond donors (Lipinski definition) is 1. The minimum Gasteiger partial charge on any atom is -0.508 e. The number of ether oxygens (including phenoxy) is 1. The molecule has 1 aromatic rings.